The Bertz CT molecular complexity index is 500. The summed E-state index contributed by atoms with van der Waals surface area (Å²) in [5.74, 6) is 1.52. The molecule has 1 N–H and O–H groups in total. The van der Waals surface area contributed by atoms with E-state index in [9.17, 15) is 0 Å². The lowest BCUT2D eigenvalue weighted by molar-refractivity contribution is 0.354. The largest absolute Gasteiger partial charge is 0.493 e. The van der Waals surface area contributed by atoms with Crippen LogP contribution in [0.1, 0.15) is 10.6 Å². The maximum absolute atomic E-state index is 5.28. The fourth-order valence-corrected chi connectivity index (χ4v) is 2.42. The van der Waals surface area contributed by atoms with E-state index < -0.39 is 0 Å². The van der Waals surface area contributed by atoms with Gasteiger partial charge in [-0.15, -0.1) is 11.3 Å². The molecule has 0 saturated heterocycles. The molecule has 1 heterocycles. The molecule has 0 fully saturated rings. The topological polar surface area (TPSA) is 43.4 Å². The van der Waals surface area contributed by atoms with E-state index in [0.717, 1.165) is 31.0 Å². The standard InChI is InChI=1S/C14H18N2O2S/c1-17-12-4-3-11(9-13(12)18-2)10-15-6-5-14-16-7-8-19-14/h3-4,7-9,15H,5-6,10H2,1-2H3. The Balaban J connectivity index is 1.82. The summed E-state index contributed by atoms with van der Waals surface area (Å²) in [5, 5.41) is 6.57. The minimum absolute atomic E-state index is 0.758. The lowest BCUT2D eigenvalue weighted by atomic mass is 10.2. The van der Waals surface area contributed by atoms with Crippen molar-refractivity contribution in [2.75, 3.05) is 20.8 Å². The summed E-state index contributed by atoms with van der Waals surface area (Å²) in [6.07, 6.45) is 2.80. The average molecular weight is 278 g/mol. The molecule has 5 heteroatoms. The summed E-state index contributed by atoms with van der Waals surface area (Å²) >= 11 is 1.69. The van der Waals surface area contributed by atoms with Crippen LogP contribution in [-0.4, -0.2) is 25.7 Å². The zero-order valence-electron chi connectivity index (χ0n) is 11.2. The quantitative estimate of drug-likeness (QED) is 0.790. The molecule has 0 aliphatic carbocycles. The van der Waals surface area contributed by atoms with Crippen LogP contribution in [0.4, 0.5) is 0 Å². The molecule has 1 aromatic carbocycles. The number of nitrogens with one attached hydrogen (secondary N) is 1. The second kappa shape index (κ2) is 7.11. The van der Waals surface area contributed by atoms with E-state index in [0.29, 0.717) is 0 Å². The molecule has 0 saturated carbocycles. The fourth-order valence-electron chi connectivity index (χ4n) is 1.80. The molecule has 0 amide bonds. The third-order valence-corrected chi connectivity index (χ3v) is 3.62. The highest BCUT2D eigenvalue weighted by Gasteiger charge is 2.04. The van der Waals surface area contributed by atoms with Crippen LogP contribution in [-0.2, 0) is 13.0 Å². The highest BCUT2D eigenvalue weighted by Crippen LogP contribution is 2.27. The molecule has 19 heavy (non-hydrogen) atoms. The number of nitrogens with zero attached hydrogens (tertiary/aromatic N) is 1. The van der Waals surface area contributed by atoms with Gasteiger partial charge in [0.05, 0.1) is 19.2 Å². The van der Waals surface area contributed by atoms with Gasteiger partial charge in [-0.25, -0.2) is 4.98 Å². The molecule has 102 valence electrons. The molecule has 1 aromatic heterocycles. The van der Waals surface area contributed by atoms with E-state index >= 15 is 0 Å². The summed E-state index contributed by atoms with van der Waals surface area (Å²) in [5.41, 5.74) is 1.18. The normalized spacial score (nSPS) is 10.4. The zero-order valence-corrected chi connectivity index (χ0v) is 12.0. The first kappa shape index (κ1) is 13.8. The number of hydrogen-bond acceptors (Lipinski definition) is 5. The molecule has 4 nitrogen and oxygen atoms in total. The summed E-state index contributed by atoms with van der Waals surface area (Å²) in [6.45, 7) is 1.73. The van der Waals surface area contributed by atoms with E-state index in [1.807, 2.05) is 29.8 Å². The van der Waals surface area contributed by atoms with Crippen LogP contribution in [0, 0.1) is 0 Å². The zero-order chi connectivity index (χ0) is 13.5. The van der Waals surface area contributed by atoms with E-state index in [2.05, 4.69) is 10.3 Å². The lowest BCUT2D eigenvalue weighted by Gasteiger charge is -2.10. The first-order chi connectivity index (χ1) is 9.33. The second-order valence-electron chi connectivity index (χ2n) is 4.04. The van der Waals surface area contributed by atoms with E-state index in [4.69, 9.17) is 9.47 Å². The molecule has 2 aromatic rings. The van der Waals surface area contributed by atoms with Crippen molar-refractivity contribution in [3.8, 4) is 11.5 Å². The minimum Gasteiger partial charge on any atom is -0.493 e. The van der Waals surface area contributed by atoms with Crippen LogP contribution in [0.25, 0.3) is 0 Å². The molecule has 0 radical (unpaired) electrons. The van der Waals surface area contributed by atoms with Crippen molar-refractivity contribution < 1.29 is 9.47 Å². The van der Waals surface area contributed by atoms with Gasteiger partial charge in [0.25, 0.3) is 0 Å². The number of ether oxygens (including phenoxy) is 2. The Hall–Kier alpha value is -1.59. The Kier molecular flexibility index (Phi) is 5.18. The van der Waals surface area contributed by atoms with Gasteiger partial charge in [-0.05, 0) is 17.7 Å². The van der Waals surface area contributed by atoms with Gasteiger partial charge >= 0.3 is 0 Å². The van der Waals surface area contributed by atoms with Crippen molar-refractivity contribution in [2.45, 2.75) is 13.0 Å². The third-order valence-electron chi connectivity index (χ3n) is 2.78. The molecular formula is C14H18N2O2S. The van der Waals surface area contributed by atoms with E-state index in [-0.39, 0.29) is 0 Å². The highest BCUT2D eigenvalue weighted by molar-refractivity contribution is 7.09. The van der Waals surface area contributed by atoms with Crippen molar-refractivity contribution in [3.05, 3.63) is 40.3 Å². The molecule has 0 aliphatic heterocycles. The maximum atomic E-state index is 5.28. The molecule has 0 atom stereocenters. The Labute approximate surface area is 117 Å². The lowest BCUT2D eigenvalue weighted by Crippen LogP contribution is -2.16. The Morgan fingerprint density at radius 1 is 1.21 bits per heavy atom. The van der Waals surface area contributed by atoms with Crippen LogP contribution < -0.4 is 14.8 Å². The van der Waals surface area contributed by atoms with Crippen LogP contribution in [0.5, 0.6) is 11.5 Å². The number of methoxy groups -OCH3 is 2. The van der Waals surface area contributed by atoms with Gasteiger partial charge < -0.3 is 14.8 Å². The number of rotatable bonds is 7. The van der Waals surface area contributed by atoms with Crippen LogP contribution in [0.2, 0.25) is 0 Å². The SMILES string of the molecule is COc1ccc(CNCCc2nccs2)cc1OC. The van der Waals surface area contributed by atoms with Crippen molar-refractivity contribution in [1.82, 2.24) is 10.3 Å². The van der Waals surface area contributed by atoms with Crippen LogP contribution in [0.15, 0.2) is 29.8 Å². The van der Waals surface area contributed by atoms with Gasteiger partial charge in [0, 0.05) is 31.1 Å². The predicted molar refractivity (Wildman–Crippen MR) is 77.1 cm³/mol. The Morgan fingerprint density at radius 2 is 2.05 bits per heavy atom. The molecule has 0 bridgehead atoms. The predicted octanol–water partition coefficient (Wildman–Crippen LogP) is 2.49. The highest BCUT2D eigenvalue weighted by atomic mass is 32.1. The van der Waals surface area contributed by atoms with Crippen molar-refractivity contribution in [2.24, 2.45) is 0 Å². The van der Waals surface area contributed by atoms with Gasteiger partial charge in [-0.3, -0.25) is 0 Å². The third kappa shape index (κ3) is 3.94. The average Bonchev–Trinajstić information content (AvgIpc) is 2.96. The van der Waals surface area contributed by atoms with Gasteiger partial charge in [-0.1, -0.05) is 6.07 Å². The van der Waals surface area contributed by atoms with Crippen LogP contribution >= 0.6 is 11.3 Å². The van der Waals surface area contributed by atoms with E-state index in [1.165, 1.54) is 10.6 Å². The van der Waals surface area contributed by atoms with Crippen molar-refractivity contribution >= 4 is 11.3 Å². The van der Waals surface area contributed by atoms with E-state index in [1.54, 1.807) is 25.6 Å². The van der Waals surface area contributed by atoms with Gasteiger partial charge in [0.2, 0.25) is 0 Å². The molecule has 2 rings (SSSR count). The maximum Gasteiger partial charge on any atom is 0.161 e. The van der Waals surface area contributed by atoms with Gasteiger partial charge in [-0.2, -0.15) is 0 Å². The molecular weight excluding hydrogens is 260 g/mol. The summed E-state index contributed by atoms with van der Waals surface area (Å²) < 4.78 is 10.5. The number of aromatic nitrogens is 1. The number of thiazole rings is 1. The van der Waals surface area contributed by atoms with Gasteiger partial charge in [0.1, 0.15) is 0 Å². The van der Waals surface area contributed by atoms with Gasteiger partial charge in [0.15, 0.2) is 11.5 Å². The fraction of sp³-hybridized carbons (Fsp3) is 0.357. The van der Waals surface area contributed by atoms with Crippen molar-refractivity contribution in [3.63, 3.8) is 0 Å². The summed E-state index contributed by atoms with van der Waals surface area (Å²) in [7, 11) is 3.29. The number of hydrogen-bond donors (Lipinski definition) is 1. The molecule has 0 aliphatic rings. The molecule has 0 spiro atoms. The Morgan fingerprint density at radius 3 is 2.74 bits per heavy atom. The van der Waals surface area contributed by atoms with Crippen LogP contribution in [0.3, 0.4) is 0 Å². The van der Waals surface area contributed by atoms with Crippen molar-refractivity contribution in [1.29, 1.82) is 0 Å². The first-order valence-electron chi connectivity index (χ1n) is 6.13. The summed E-state index contributed by atoms with van der Waals surface area (Å²) in [6, 6.07) is 5.96. The summed E-state index contributed by atoms with van der Waals surface area (Å²) in [4.78, 5) is 4.25. The second-order valence-corrected chi connectivity index (χ2v) is 5.02. The first-order valence-corrected chi connectivity index (χ1v) is 7.01. The smallest absolute Gasteiger partial charge is 0.161 e. The minimum atomic E-state index is 0.758. The number of benzene rings is 1. The molecule has 0 unspecified atom stereocenters. The monoisotopic (exact) mass is 278 g/mol.